The van der Waals surface area contributed by atoms with Gasteiger partial charge in [-0.2, -0.15) is 0 Å². The van der Waals surface area contributed by atoms with Gasteiger partial charge in [-0.1, -0.05) is 78.3 Å². The summed E-state index contributed by atoms with van der Waals surface area (Å²) in [6, 6.07) is 2.36. The highest BCUT2D eigenvalue weighted by Crippen LogP contribution is 2.11. The van der Waals surface area contributed by atoms with Crippen molar-refractivity contribution < 1.29 is 39.0 Å². The van der Waals surface area contributed by atoms with E-state index in [2.05, 4.69) is 26.6 Å². The van der Waals surface area contributed by atoms with Crippen molar-refractivity contribution in [2.45, 2.75) is 123 Å². The number of carbonyl (C=O) groups excluding carboxylic acids is 5. The van der Waals surface area contributed by atoms with Crippen LogP contribution in [0.25, 0.3) is 0 Å². The molecule has 0 spiro atoms. The molecule has 1 aromatic rings. The van der Waals surface area contributed by atoms with Gasteiger partial charge in [-0.3, -0.25) is 24.0 Å². The number of carboxylic acids is 1. The first-order valence-corrected chi connectivity index (χ1v) is 16.6. The number of amides is 5. The highest BCUT2D eigenvalue weighted by Gasteiger charge is 2.34. The number of aliphatic carboxylic acids is 1. The summed E-state index contributed by atoms with van der Waals surface area (Å²) < 4.78 is 0. The molecule has 9 N–H and O–H groups in total. The van der Waals surface area contributed by atoms with Gasteiger partial charge in [0.15, 0.2) is 0 Å². The number of carboxylic acid groups (broad SMARTS) is 1. The Labute approximate surface area is 283 Å². The molecule has 14 nitrogen and oxygen atoms in total. The van der Waals surface area contributed by atoms with Gasteiger partial charge < -0.3 is 42.5 Å². The van der Waals surface area contributed by atoms with Crippen molar-refractivity contribution in [1.29, 1.82) is 0 Å². The van der Waals surface area contributed by atoms with E-state index in [0.717, 1.165) is 5.56 Å². The molecule has 0 fully saturated rings. The number of nitrogens with two attached hydrogens (primary N) is 1. The Morgan fingerprint density at radius 2 is 1.15 bits per heavy atom. The summed E-state index contributed by atoms with van der Waals surface area (Å²) in [6.07, 6.45) is -0.145. The van der Waals surface area contributed by atoms with Gasteiger partial charge in [-0.25, -0.2) is 4.79 Å². The summed E-state index contributed by atoms with van der Waals surface area (Å²) in [6.45, 7) is 13.5. The first kappa shape index (κ1) is 42.0. The minimum atomic E-state index is -1.50. The minimum absolute atomic E-state index is 0.0162. The highest BCUT2D eigenvalue weighted by atomic mass is 16.4. The van der Waals surface area contributed by atoms with Crippen molar-refractivity contribution in [2.75, 3.05) is 0 Å². The Hall–Kier alpha value is -4.04. The normalized spacial score (nSPS) is 16.3. The van der Waals surface area contributed by atoms with Crippen LogP contribution in [0.15, 0.2) is 30.3 Å². The molecule has 8 atom stereocenters. The summed E-state index contributed by atoms with van der Waals surface area (Å²) in [7, 11) is 0. The fourth-order valence-electron chi connectivity index (χ4n) is 4.91. The molecule has 0 aliphatic heterocycles. The predicted octanol–water partition coefficient (Wildman–Crippen LogP) is 0.604. The molecule has 0 aliphatic carbocycles. The van der Waals surface area contributed by atoms with Crippen LogP contribution in [0.5, 0.6) is 0 Å². The molecule has 0 aromatic heterocycles. The Balaban J connectivity index is 3.01. The molecule has 0 unspecified atom stereocenters. The van der Waals surface area contributed by atoms with Crippen molar-refractivity contribution in [3.05, 3.63) is 35.9 Å². The lowest BCUT2D eigenvalue weighted by molar-refractivity contribution is -0.144. The monoisotopic (exact) mass is 676 g/mol. The van der Waals surface area contributed by atoms with Gasteiger partial charge in [0, 0.05) is 0 Å². The topological polar surface area (TPSA) is 229 Å². The molecule has 0 saturated carbocycles. The molecule has 1 rings (SSSR count). The second kappa shape index (κ2) is 20.4. The Bertz CT molecular complexity index is 1230. The second-order valence-corrected chi connectivity index (χ2v) is 13.3. The maximum atomic E-state index is 13.5. The Kier molecular flexibility index (Phi) is 17.8. The summed E-state index contributed by atoms with van der Waals surface area (Å²) in [5, 5.41) is 32.5. The van der Waals surface area contributed by atoms with Crippen LogP contribution in [-0.4, -0.2) is 88.1 Å². The number of hydrogen-bond acceptors (Lipinski definition) is 8. The van der Waals surface area contributed by atoms with Crippen molar-refractivity contribution in [3.63, 3.8) is 0 Å². The van der Waals surface area contributed by atoms with E-state index >= 15 is 0 Å². The Morgan fingerprint density at radius 1 is 0.667 bits per heavy atom. The second-order valence-electron chi connectivity index (χ2n) is 13.3. The molecular weight excluding hydrogens is 620 g/mol. The molecule has 270 valence electrons. The predicted molar refractivity (Wildman–Crippen MR) is 181 cm³/mol. The number of aliphatic hydroxyl groups excluding tert-OH is 1. The van der Waals surface area contributed by atoms with Crippen molar-refractivity contribution in [1.82, 2.24) is 26.6 Å². The van der Waals surface area contributed by atoms with Gasteiger partial charge in [0.2, 0.25) is 29.5 Å². The van der Waals surface area contributed by atoms with Crippen LogP contribution in [0.3, 0.4) is 0 Å². The van der Waals surface area contributed by atoms with Crippen molar-refractivity contribution in [2.24, 2.45) is 23.5 Å². The smallest absolute Gasteiger partial charge is 0.326 e. The summed E-state index contributed by atoms with van der Waals surface area (Å²) in [5.41, 5.74) is 7.01. The molecular formula is C34H56N6O8. The number of aliphatic hydroxyl groups is 1. The van der Waals surface area contributed by atoms with Gasteiger partial charge in [0.1, 0.15) is 30.2 Å². The largest absolute Gasteiger partial charge is 0.480 e. The number of nitrogens with one attached hydrogen (secondary N) is 5. The quantitative estimate of drug-likeness (QED) is 0.0966. The minimum Gasteiger partial charge on any atom is -0.480 e. The lowest BCUT2D eigenvalue weighted by Gasteiger charge is -2.28. The van der Waals surface area contributed by atoms with Gasteiger partial charge >= 0.3 is 5.97 Å². The molecule has 0 bridgehead atoms. The van der Waals surface area contributed by atoms with Gasteiger partial charge in [0.25, 0.3) is 0 Å². The van der Waals surface area contributed by atoms with E-state index in [1.807, 2.05) is 58.0 Å². The molecule has 0 radical (unpaired) electrons. The molecule has 0 heterocycles. The summed E-state index contributed by atoms with van der Waals surface area (Å²) in [4.78, 5) is 77.4. The number of benzene rings is 1. The Morgan fingerprint density at radius 3 is 1.60 bits per heavy atom. The molecule has 1 aromatic carbocycles. The molecule has 0 aliphatic rings. The third kappa shape index (κ3) is 14.4. The van der Waals surface area contributed by atoms with Crippen LogP contribution in [0, 0.1) is 17.8 Å². The lowest BCUT2D eigenvalue weighted by Crippen LogP contribution is -2.60. The number of hydrogen-bond donors (Lipinski definition) is 8. The van der Waals surface area contributed by atoms with Crippen molar-refractivity contribution in [3.8, 4) is 0 Å². The fourth-order valence-corrected chi connectivity index (χ4v) is 4.91. The zero-order valence-corrected chi connectivity index (χ0v) is 29.4. The molecule has 5 amide bonds. The zero-order valence-electron chi connectivity index (χ0n) is 29.4. The fraction of sp³-hybridized carbons (Fsp3) is 0.647. The highest BCUT2D eigenvalue weighted by molar-refractivity contribution is 5.96. The van der Waals surface area contributed by atoms with E-state index in [9.17, 15) is 39.0 Å². The van der Waals surface area contributed by atoms with Crippen LogP contribution in [0.4, 0.5) is 0 Å². The van der Waals surface area contributed by atoms with E-state index in [4.69, 9.17) is 5.73 Å². The maximum absolute atomic E-state index is 13.5. The number of rotatable bonds is 20. The van der Waals surface area contributed by atoms with E-state index in [1.165, 1.54) is 13.8 Å². The number of carbonyl (C=O) groups is 6. The van der Waals surface area contributed by atoms with Gasteiger partial charge in [-0.15, -0.1) is 0 Å². The zero-order chi connectivity index (χ0) is 36.7. The third-order valence-corrected chi connectivity index (χ3v) is 7.91. The van der Waals surface area contributed by atoms with Gasteiger partial charge in [0.05, 0.1) is 12.1 Å². The average molecular weight is 677 g/mol. The van der Waals surface area contributed by atoms with Crippen LogP contribution >= 0.6 is 0 Å². The first-order valence-electron chi connectivity index (χ1n) is 16.6. The van der Waals surface area contributed by atoms with E-state index < -0.39 is 83.8 Å². The summed E-state index contributed by atoms with van der Waals surface area (Å²) in [5.74, 6) is -5.16. The first-order chi connectivity index (χ1) is 22.4. The van der Waals surface area contributed by atoms with E-state index in [-0.39, 0.29) is 31.1 Å². The van der Waals surface area contributed by atoms with Crippen LogP contribution in [0.1, 0.15) is 80.2 Å². The van der Waals surface area contributed by atoms with Crippen LogP contribution in [0.2, 0.25) is 0 Å². The standard InChI is InChI=1S/C34H56N6O8/c1-9-20(6)27(34(47)48)39-33(46)28(22(8)41)40-29(42)21(7)36-31(44)25(15-18(2)3)38-32(45)26(16-19(4)5)37-30(43)24(35)17-23-13-11-10-12-14-23/h10-14,18-22,24-28,41H,9,15-17,35H2,1-8H3,(H,36,44)(H,37,43)(H,38,45)(H,39,46)(H,40,42)(H,47,48)/t20-,21-,22+,24-,25-,26-,27-,28-/m0/s1. The lowest BCUT2D eigenvalue weighted by atomic mass is 9.98. The van der Waals surface area contributed by atoms with E-state index in [1.54, 1.807) is 13.8 Å². The van der Waals surface area contributed by atoms with Gasteiger partial charge in [-0.05, 0) is 56.4 Å². The SMILES string of the molecule is CC[C@H](C)[C@H](NC(=O)[C@@H](NC(=O)[C@H](C)NC(=O)[C@H](CC(C)C)NC(=O)[C@H](CC(C)C)NC(=O)[C@@H](N)Cc1ccccc1)[C@@H](C)O)C(=O)O. The van der Waals surface area contributed by atoms with E-state index in [0.29, 0.717) is 6.42 Å². The molecule has 0 saturated heterocycles. The molecule has 14 heteroatoms. The average Bonchev–Trinajstić information content (AvgIpc) is 3.00. The molecule has 48 heavy (non-hydrogen) atoms. The maximum Gasteiger partial charge on any atom is 0.326 e. The summed E-state index contributed by atoms with van der Waals surface area (Å²) >= 11 is 0. The van der Waals surface area contributed by atoms with Crippen LogP contribution < -0.4 is 32.3 Å². The van der Waals surface area contributed by atoms with Crippen LogP contribution in [-0.2, 0) is 35.2 Å². The third-order valence-electron chi connectivity index (χ3n) is 7.91. The van der Waals surface area contributed by atoms with Crippen molar-refractivity contribution >= 4 is 35.5 Å².